The van der Waals surface area contributed by atoms with Gasteiger partial charge in [0.15, 0.2) is 0 Å². The molecule has 38 valence electrons. The van der Waals surface area contributed by atoms with Crippen LogP contribution in [-0.4, -0.2) is 10.8 Å². The zero-order valence-electron chi connectivity index (χ0n) is 4.19. The first-order valence-electron chi connectivity index (χ1n) is 2.19. The smallest absolute Gasteiger partial charge is 0.0899 e. The lowest BCUT2D eigenvalue weighted by atomic mass is 10.3. The quantitative estimate of drug-likeness (QED) is 0.507. The molecule has 0 aromatic rings. The van der Waals surface area contributed by atoms with E-state index in [1.54, 1.807) is 11.8 Å². The minimum atomic E-state index is 0.736. The van der Waals surface area contributed by atoms with Gasteiger partial charge in [0.1, 0.15) is 0 Å². The minimum absolute atomic E-state index is 0.736. The van der Waals surface area contributed by atoms with Crippen molar-refractivity contribution in [2.45, 2.75) is 6.92 Å². The van der Waals surface area contributed by atoms with Crippen molar-refractivity contribution in [3.8, 4) is 0 Å². The fourth-order valence-electron chi connectivity index (χ4n) is 0.457. The molecule has 7 heavy (non-hydrogen) atoms. The molecule has 0 saturated heterocycles. The highest BCUT2D eigenvalue weighted by Crippen LogP contribution is 2.17. The monoisotopic (exact) mass is 113 g/mol. The molecule has 1 rings (SSSR count). The summed E-state index contributed by atoms with van der Waals surface area (Å²) in [6, 6.07) is 0. The molecule has 0 amide bonds. The third kappa shape index (κ3) is 0.855. The van der Waals surface area contributed by atoms with Crippen LogP contribution in [0, 0.1) is 5.41 Å². The van der Waals surface area contributed by atoms with Crippen molar-refractivity contribution in [3.63, 3.8) is 0 Å². The fraction of sp³-hybridized carbons (Fsp3) is 0.400. The van der Waals surface area contributed by atoms with Gasteiger partial charge in [-0.25, -0.2) is 0 Å². The largest absolute Gasteiger partial charge is 0.294 e. The molecule has 0 saturated carbocycles. The van der Waals surface area contributed by atoms with Crippen LogP contribution >= 0.6 is 11.8 Å². The summed E-state index contributed by atoms with van der Waals surface area (Å²) >= 11 is 1.60. The van der Waals surface area contributed by atoms with Gasteiger partial charge in [0.2, 0.25) is 0 Å². The number of nitrogens with one attached hydrogen (secondary N) is 1. The summed E-state index contributed by atoms with van der Waals surface area (Å²) in [5.41, 5.74) is 1.13. The third-order valence-corrected chi connectivity index (χ3v) is 1.92. The third-order valence-electron chi connectivity index (χ3n) is 0.975. The van der Waals surface area contributed by atoms with E-state index >= 15 is 0 Å². The van der Waals surface area contributed by atoms with Gasteiger partial charge in [0.25, 0.3) is 0 Å². The van der Waals surface area contributed by atoms with Crippen molar-refractivity contribution in [3.05, 3.63) is 11.6 Å². The molecule has 1 N–H and O–H groups in total. The van der Waals surface area contributed by atoms with Crippen molar-refractivity contribution >= 4 is 16.8 Å². The maximum absolute atomic E-state index is 7.15. The molecule has 1 nitrogen and oxygen atoms in total. The molecule has 0 unspecified atom stereocenters. The van der Waals surface area contributed by atoms with Crippen molar-refractivity contribution in [1.82, 2.24) is 0 Å². The number of thioether (sulfide) groups is 1. The van der Waals surface area contributed by atoms with E-state index in [9.17, 15) is 0 Å². The summed E-state index contributed by atoms with van der Waals surface area (Å²) in [6.07, 6.45) is 2.08. The molecule has 0 spiro atoms. The number of hydrogen-bond donors (Lipinski definition) is 1. The van der Waals surface area contributed by atoms with E-state index in [4.69, 9.17) is 5.41 Å². The molecule has 1 aliphatic rings. The Hall–Kier alpha value is -0.240. The molecule has 0 radical (unpaired) electrons. The number of hydrogen-bond acceptors (Lipinski definition) is 2. The first kappa shape index (κ1) is 4.91. The second kappa shape index (κ2) is 1.70. The molecule has 1 heterocycles. The Morgan fingerprint density at radius 3 is 2.71 bits per heavy atom. The van der Waals surface area contributed by atoms with Crippen molar-refractivity contribution in [2.75, 3.05) is 5.75 Å². The van der Waals surface area contributed by atoms with Crippen molar-refractivity contribution < 1.29 is 0 Å². The maximum atomic E-state index is 7.15. The van der Waals surface area contributed by atoms with Crippen LogP contribution in [0.25, 0.3) is 0 Å². The highest BCUT2D eigenvalue weighted by Gasteiger charge is 2.04. The Morgan fingerprint density at radius 1 is 1.86 bits per heavy atom. The Bertz CT molecular complexity index is 126. The van der Waals surface area contributed by atoms with Crippen molar-refractivity contribution in [1.29, 1.82) is 5.41 Å². The van der Waals surface area contributed by atoms with Crippen molar-refractivity contribution in [2.24, 2.45) is 0 Å². The Kier molecular flexibility index (Phi) is 1.19. The molecular weight excluding hydrogens is 106 g/mol. The van der Waals surface area contributed by atoms with E-state index in [-0.39, 0.29) is 0 Å². The molecule has 0 bridgehead atoms. The SMILES string of the molecule is CC1=CCSC1=N. The fourth-order valence-corrected chi connectivity index (χ4v) is 1.27. The standard InChI is InChI=1S/C5H7NS/c1-4-2-3-7-5(4)6/h2,6H,3H2,1H3. The minimum Gasteiger partial charge on any atom is -0.294 e. The lowest BCUT2D eigenvalue weighted by molar-refractivity contribution is 1.49. The Labute approximate surface area is 47.3 Å². The molecule has 0 fully saturated rings. The van der Waals surface area contributed by atoms with Crippen LogP contribution in [0.1, 0.15) is 6.92 Å². The predicted octanol–water partition coefficient (Wildman–Crippen LogP) is 1.66. The van der Waals surface area contributed by atoms with Gasteiger partial charge in [-0.05, 0) is 12.5 Å². The summed E-state index contributed by atoms with van der Waals surface area (Å²) in [5.74, 6) is 1.00. The molecular formula is C5H7NS. The average molecular weight is 113 g/mol. The molecule has 0 aromatic heterocycles. The van der Waals surface area contributed by atoms with Crippen LogP contribution in [-0.2, 0) is 0 Å². The van der Waals surface area contributed by atoms with Gasteiger partial charge in [-0.3, -0.25) is 5.41 Å². The maximum Gasteiger partial charge on any atom is 0.0899 e. The highest BCUT2D eigenvalue weighted by atomic mass is 32.2. The van der Waals surface area contributed by atoms with Crippen LogP contribution in [0.2, 0.25) is 0 Å². The van der Waals surface area contributed by atoms with E-state index in [2.05, 4.69) is 6.08 Å². The normalized spacial score (nSPS) is 20.1. The molecule has 0 aromatic carbocycles. The molecule has 0 atom stereocenters. The van der Waals surface area contributed by atoms with Crippen LogP contribution in [0.3, 0.4) is 0 Å². The summed E-state index contributed by atoms with van der Waals surface area (Å²) in [4.78, 5) is 0. The first-order valence-corrected chi connectivity index (χ1v) is 3.18. The van der Waals surface area contributed by atoms with E-state index in [1.807, 2.05) is 6.92 Å². The van der Waals surface area contributed by atoms with Crippen LogP contribution in [0.5, 0.6) is 0 Å². The Balaban J connectivity index is 2.72. The van der Waals surface area contributed by atoms with Crippen LogP contribution < -0.4 is 0 Å². The second-order valence-corrected chi connectivity index (χ2v) is 2.56. The zero-order chi connectivity index (χ0) is 5.28. The van der Waals surface area contributed by atoms with Crippen LogP contribution in [0.15, 0.2) is 11.6 Å². The Morgan fingerprint density at radius 2 is 2.57 bits per heavy atom. The van der Waals surface area contributed by atoms with E-state index in [0.717, 1.165) is 16.4 Å². The van der Waals surface area contributed by atoms with E-state index in [1.165, 1.54) is 0 Å². The molecule has 2 heteroatoms. The second-order valence-electron chi connectivity index (χ2n) is 1.53. The topological polar surface area (TPSA) is 23.9 Å². The van der Waals surface area contributed by atoms with Gasteiger partial charge < -0.3 is 0 Å². The van der Waals surface area contributed by atoms with Gasteiger partial charge in [-0.15, -0.1) is 11.8 Å². The first-order chi connectivity index (χ1) is 3.30. The van der Waals surface area contributed by atoms with Gasteiger partial charge in [0, 0.05) is 5.75 Å². The number of rotatable bonds is 0. The van der Waals surface area contributed by atoms with Crippen LogP contribution in [0.4, 0.5) is 0 Å². The lowest BCUT2D eigenvalue weighted by Gasteiger charge is -1.85. The van der Waals surface area contributed by atoms with E-state index in [0.29, 0.717) is 0 Å². The predicted molar refractivity (Wildman–Crippen MR) is 33.9 cm³/mol. The van der Waals surface area contributed by atoms with Gasteiger partial charge in [-0.2, -0.15) is 0 Å². The summed E-state index contributed by atoms with van der Waals surface area (Å²) in [6.45, 7) is 1.97. The average Bonchev–Trinajstić information content (AvgIpc) is 1.91. The molecule has 0 aliphatic carbocycles. The summed E-state index contributed by atoms with van der Waals surface area (Å²) < 4.78 is 0. The van der Waals surface area contributed by atoms with E-state index < -0.39 is 0 Å². The van der Waals surface area contributed by atoms with Gasteiger partial charge >= 0.3 is 0 Å². The summed E-state index contributed by atoms with van der Waals surface area (Å²) in [5, 5.41) is 7.89. The summed E-state index contributed by atoms with van der Waals surface area (Å²) in [7, 11) is 0. The molecule has 1 aliphatic heterocycles. The highest BCUT2D eigenvalue weighted by molar-refractivity contribution is 8.14. The zero-order valence-corrected chi connectivity index (χ0v) is 5.01. The van der Waals surface area contributed by atoms with Gasteiger partial charge in [0.05, 0.1) is 5.04 Å². The van der Waals surface area contributed by atoms with Gasteiger partial charge in [-0.1, -0.05) is 6.08 Å². The lowest BCUT2D eigenvalue weighted by Crippen LogP contribution is -1.81.